The molecule has 1 heterocycles. The van der Waals surface area contributed by atoms with E-state index in [0.29, 0.717) is 11.8 Å². The number of hydrogen-bond acceptors (Lipinski definition) is 3. The first-order chi connectivity index (χ1) is 8.61. The lowest BCUT2D eigenvalue weighted by molar-refractivity contribution is -0.289. The standard InChI is InChI=1S/C10H8F5NO2S/c1-2-19-6-3-5(4-16-7(6)8(17)18)9(11,12)10(13,14)15/h3-4H,2H2,1H3,(H,17,18). The fourth-order valence-electron chi connectivity index (χ4n) is 1.21. The van der Waals surface area contributed by atoms with Crippen molar-refractivity contribution in [1.29, 1.82) is 0 Å². The Morgan fingerprint density at radius 1 is 1.37 bits per heavy atom. The summed E-state index contributed by atoms with van der Waals surface area (Å²) in [5, 5.41) is 8.76. The zero-order chi connectivity index (χ0) is 14.8. The Morgan fingerprint density at radius 3 is 2.37 bits per heavy atom. The fraction of sp³-hybridized carbons (Fsp3) is 0.400. The summed E-state index contributed by atoms with van der Waals surface area (Å²) >= 11 is 0.827. The number of alkyl halides is 5. The van der Waals surface area contributed by atoms with Crippen LogP contribution in [0.1, 0.15) is 23.0 Å². The number of rotatable bonds is 4. The van der Waals surface area contributed by atoms with E-state index in [-0.39, 0.29) is 11.1 Å². The van der Waals surface area contributed by atoms with Crippen LogP contribution in [0, 0.1) is 0 Å². The van der Waals surface area contributed by atoms with Gasteiger partial charge in [-0.15, -0.1) is 11.8 Å². The van der Waals surface area contributed by atoms with E-state index in [4.69, 9.17) is 5.11 Å². The van der Waals surface area contributed by atoms with Crippen molar-refractivity contribution in [2.24, 2.45) is 0 Å². The Kier molecular flexibility index (Phi) is 4.39. The first kappa shape index (κ1) is 15.7. The second kappa shape index (κ2) is 5.32. The quantitative estimate of drug-likeness (QED) is 0.682. The number of carboxylic acids is 1. The van der Waals surface area contributed by atoms with Gasteiger partial charge in [-0.3, -0.25) is 0 Å². The van der Waals surface area contributed by atoms with Crippen molar-refractivity contribution in [3.8, 4) is 0 Å². The van der Waals surface area contributed by atoms with Gasteiger partial charge in [0.15, 0.2) is 5.69 Å². The molecule has 0 atom stereocenters. The highest BCUT2D eigenvalue weighted by Crippen LogP contribution is 2.44. The maximum absolute atomic E-state index is 13.1. The van der Waals surface area contributed by atoms with Gasteiger partial charge in [0, 0.05) is 16.7 Å². The molecule has 1 N–H and O–H groups in total. The summed E-state index contributed by atoms with van der Waals surface area (Å²) in [6.45, 7) is 1.60. The first-order valence-electron chi connectivity index (χ1n) is 4.92. The summed E-state index contributed by atoms with van der Waals surface area (Å²) in [6, 6.07) is 0.512. The highest BCUT2D eigenvalue weighted by Gasteiger charge is 2.59. The largest absolute Gasteiger partial charge is 0.476 e. The summed E-state index contributed by atoms with van der Waals surface area (Å²) in [5.41, 5.74) is -1.92. The van der Waals surface area contributed by atoms with Crippen LogP contribution in [0.2, 0.25) is 0 Å². The average Bonchev–Trinajstić information content (AvgIpc) is 2.27. The first-order valence-corrected chi connectivity index (χ1v) is 5.91. The fourth-order valence-corrected chi connectivity index (χ4v) is 2.00. The molecule has 0 bridgehead atoms. The van der Waals surface area contributed by atoms with Gasteiger partial charge < -0.3 is 5.11 Å². The van der Waals surface area contributed by atoms with Crippen molar-refractivity contribution in [1.82, 2.24) is 4.98 Å². The maximum atomic E-state index is 13.1. The highest BCUT2D eigenvalue weighted by molar-refractivity contribution is 7.99. The normalized spacial score (nSPS) is 12.5. The Hall–Kier alpha value is -1.38. The van der Waals surface area contributed by atoms with E-state index < -0.39 is 29.3 Å². The van der Waals surface area contributed by atoms with Crippen LogP contribution in [-0.4, -0.2) is 28.0 Å². The Morgan fingerprint density at radius 2 is 1.95 bits per heavy atom. The van der Waals surface area contributed by atoms with Crippen LogP contribution in [0.25, 0.3) is 0 Å². The van der Waals surface area contributed by atoms with E-state index in [1.54, 1.807) is 6.92 Å². The van der Waals surface area contributed by atoms with Crippen molar-refractivity contribution in [2.45, 2.75) is 23.9 Å². The third kappa shape index (κ3) is 3.14. The molecule has 1 rings (SSSR count). The molecule has 0 saturated heterocycles. The minimum Gasteiger partial charge on any atom is -0.476 e. The second-order valence-electron chi connectivity index (χ2n) is 3.38. The van der Waals surface area contributed by atoms with E-state index in [2.05, 4.69) is 4.98 Å². The molecule has 0 unspecified atom stereocenters. The van der Waals surface area contributed by atoms with Crippen molar-refractivity contribution in [3.63, 3.8) is 0 Å². The number of halogens is 5. The molecule has 0 aromatic carbocycles. The summed E-state index contributed by atoms with van der Waals surface area (Å²) < 4.78 is 62.8. The van der Waals surface area contributed by atoms with E-state index in [9.17, 15) is 26.7 Å². The summed E-state index contributed by atoms with van der Waals surface area (Å²) in [5.74, 6) is -6.25. The van der Waals surface area contributed by atoms with Gasteiger partial charge in [0.2, 0.25) is 0 Å². The van der Waals surface area contributed by atoms with Crippen LogP contribution in [0.5, 0.6) is 0 Å². The SMILES string of the molecule is CCSc1cc(C(F)(F)C(F)(F)F)cnc1C(=O)O. The van der Waals surface area contributed by atoms with Crippen LogP contribution in [0.15, 0.2) is 17.2 Å². The number of pyridine rings is 1. The zero-order valence-electron chi connectivity index (χ0n) is 9.46. The molecule has 1 aromatic rings. The van der Waals surface area contributed by atoms with Crippen LogP contribution >= 0.6 is 11.8 Å². The summed E-state index contributed by atoms with van der Waals surface area (Å²) in [7, 11) is 0. The van der Waals surface area contributed by atoms with Gasteiger partial charge in [-0.1, -0.05) is 6.92 Å². The van der Waals surface area contributed by atoms with Crippen molar-refractivity contribution >= 4 is 17.7 Å². The van der Waals surface area contributed by atoms with Crippen molar-refractivity contribution in [2.75, 3.05) is 5.75 Å². The Labute approximate surface area is 108 Å². The number of nitrogens with zero attached hydrogens (tertiary/aromatic N) is 1. The molecule has 0 amide bonds. The molecule has 0 spiro atoms. The van der Waals surface area contributed by atoms with Crippen molar-refractivity contribution in [3.05, 3.63) is 23.5 Å². The van der Waals surface area contributed by atoms with E-state index in [0.717, 1.165) is 11.8 Å². The van der Waals surface area contributed by atoms with E-state index in [1.807, 2.05) is 0 Å². The number of carboxylic acid groups (broad SMARTS) is 1. The molecule has 3 nitrogen and oxygen atoms in total. The van der Waals surface area contributed by atoms with Crippen LogP contribution in [-0.2, 0) is 5.92 Å². The third-order valence-electron chi connectivity index (χ3n) is 2.07. The molecule has 9 heteroatoms. The highest BCUT2D eigenvalue weighted by atomic mass is 32.2. The van der Waals surface area contributed by atoms with Gasteiger partial charge in [-0.2, -0.15) is 22.0 Å². The Balaban J connectivity index is 3.33. The van der Waals surface area contributed by atoms with Crippen molar-refractivity contribution < 1.29 is 31.9 Å². The minimum absolute atomic E-state index is 0.226. The molecule has 0 aliphatic rings. The molecule has 106 valence electrons. The number of aromatic carboxylic acids is 1. The predicted octanol–water partition coefficient (Wildman–Crippen LogP) is 3.55. The van der Waals surface area contributed by atoms with Gasteiger partial charge in [0.25, 0.3) is 0 Å². The van der Waals surface area contributed by atoms with Gasteiger partial charge >= 0.3 is 18.1 Å². The number of hydrogen-bond donors (Lipinski definition) is 1. The zero-order valence-corrected chi connectivity index (χ0v) is 10.3. The molecule has 0 aliphatic heterocycles. The topological polar surface area (TPSA) is 50.2 Å². The number of thioether (sulfide) groups is 1. The molecular formula is C10H8F5NO2S. The molecule has 0 fully saturated rings. The molecule has 0 radical (unpaired) electrons. The summed E-state index contributed by atoms with van der Waals surface area (Å²) in [4.78, 5) is 13.7. The second-order valence-corrected chi connectivity index (χ2v) is 4.69. The summed E-state index contributed by atoms with van der Waals surface area (Å²) in [6.07, 6.45) is -5.52. The van der Waals surface area contributed by atoms with Gasteiger partial charge in [0.1, 0.15) is 0 Å². The lowest BCUT2D eigenvalue weighted by Gasteiger charge is -2.20. The van der Waals surface area contributed by atoms with E-state index in [1.165, 1.54) is 0 Å². The molecule has 0 saturated carbocycles. The van der Waals surface area contributed by atoms with Gasteiger partial charge in [-0.05, 0) is 11.8 Å². The lowest BCUT2D eigenvalue weighted by atomic mass is 10.1. The minimum atomic E-state index is -5.76. The Bertz CT molecular complexity index is 489. The van der Waals surface area contributed by atoms with Gasteiger partial charge in [0.05, 0.1) is 0 Å². The van der Waals surface area contributed by atoms with Gasteiger partial charge in [-0.25, -0.2) is 9.78 Å². The van der Waals surface area contributed by atoms with Crippen LogP contribution in [0.4, 0.5) is 22.0 Å². The molecule has 1 aromatic heterocycles. The molecule has 0 aliphatic carbocycles. The molecular weight excluding hydrogens is 293 g/mol. The number of aromatic nitrogens is 1. The monoisotopic (exact) mass is 301 g/mol. The average molecular weight is 301 g/mol. The maximum Gasteiger partial charge on any atom is 0.458 e. The lowest BCUT2D eigenvalue weighted by Crippen LogP contribution is -2.34. The smallest absolute Gasteiger partial charge is 0.458 e. The predicted molar refractivity (Wildman–Crippen MR) is 57.5 cm³/mol. The van der Waals surface area contributed by atoms with Crippen LogP contribution in [0.3, 0.4) is 0 Å². The van der Waals surface area contributed by atoms with E-state index >= 15 is 0 Å². The number of carbonyl (C=O) groups is 1. The third-order valence-corrected chi connectivity index (χ3v) is 2.98. The van der Waals surface area contributed by atoms with Crippen LogP contribution < -0.4 is 0 Å². The molecule has 19 heavy (non-hydrogen) atoms.